The van der Waals surface area contributed by atoms with Gasteiger partial charge in [0.15, 0.2) is 0 Å². The molecule has 0 amide bonds. The third kappa shape index (κ3) is 1.98. The predicted molar refractivity (Wildman–Crippen MR) is 62.7 cm³/mol. The minimum absolute atomic E-state index is 0.403. The number of aliphatic hydroxyl groups is 1. The molecular formula is C10H12BrN3O. The van der Waals surface area contributed by atoms with Crippen LogP contribution in [0.25, 0.3) is 5.52 Å². The molecular weight excluding hydrogens is 258 g/mol. The Morgan fingerprint density at radius 2 is 2.40 bits per heavy atom. The van der Waals surface area contributed by atoms with Gasteiger partial charge in [0, 0.05) is 18.3 Å². The highest BCUT2D eigenvalue weighted by molar-refractivity contribution is 9.10. The van der Waals surface area contributed by atoms with E-state index in [-0.39, 0.29) is 0 Å². The highest BCUT2D eigenvalue weighted by atomic mass is 79.9. The van der Waals surface area contributed by atoms with Crippen LogP contribution in [0.3, 0.4) is 0 Å². The lowest BCUT2D eigenvalue weighted by molar-refractivity contribution is 0.192. The van der Waals surface area contributed by atoms with E-state index in [9.17, 15) is 5.11 Å². The quantitative estimate of drug-likeness (QED) is 0.871. The number of aromatic nitrogens is 2. The van der Waals surface area contributed by atoms with Gasteiger partial charge in [-0.25, -0.2) is 4.98 Å². The lowest BCUT2D eigenvalue weighted by Crippen LogP contribution is -2.07. The van der Waals surface area contributed by atoms with E-state index in [0.29, 0.717) is 12.1 Å². The maximum absolute atomic E-state index is 9.34. The third-order valence-electron chi connectivity index (χ3n) is 2.17. The van der Waals surface area contributed by atoms with E-state index in [4.69, 9.17) is 5.73 Å². The van der Waals surface area contributed by atoms with E-state index >= 15 is 0 Å². The van der Waals surface area contributed by atoms with Crippen LogP contribution < -0.4 is 5.73 Å². The Hall–Kier alpha value is -1.07. The van der Waals surface area contributed by atoms with Crippen LogP contribution in [0.4, 0.5) is 5.69 Å². The van der Waals surface area contributed by atoms with Crippen LogP contribution in [0, 0.1) is 0 Å². The summed E-state index contributed by atoms with van der Waals surface area (Å²) in [5, 5.41) is 9.34. The number of nitrogens with two attached hydrogens (primary N) is 1. The van der Waals surface area contributed by atoms with Gasteiger partial charge in [-0.1, -0.05) is 0 Å². The molecule has 0 radical (unpaired) electrons. The molecule has 0 spiro atoms. The van der Waals surface area contributed by atoms with Crippen LogP contribution in [0.2, 0.25) is 0 Å². The summed E-state index contributed by atoms with van der Waals surface area (Å²) >= 11 is 3.37. The number of pyridine rings is 1. The molecule has 0 aliphatic carbocycles. The molecule has 0 aliphatic heterocycles. The van der Waals surface area contributed by atoms with Crippen molar-refractivity contribution in [2.75, 3.05) is 5.73 Å². The van der Waals surface area contributed by atoms with Crippen molar-refractivity contribution in [1.29, 1.82) is 0 Å². The number of anilines is 1. The normalized spacial score (nSPS) is 13.3. The molecule has 4 nitrogen and oxygen atoms in total. The second-order valence-corrected chi connectivity index (χ2v) is 4.34. The molecule has 80 valence electrons. The van der Waals surface area contributed by atoms with Gasteiger partial charge >= 0.3 is 0 Å². The van der Waals surface area contributed by atoms with Crippen molar-refractivity contribution < 1.29 is 5.11 Å². The number of rotatable bonds is 2. The van der Waals surface area contributed by atoms with Crippen LogP contribution in [0.5, 0.6) is 0 Å². The summed E-state index contributed by atoms with van der Waals surface area (Å²) in [4.78, 5) is 4.34. The number of aliphatic hydroxyl groups excluding tert-OH is 1. The zero-order valence-electron chi connectivity index (χ0n) is 8.31. The standard InChI is InChI=1S/C10H12BrN3O/c1-6(15)4-9-13-10(11)8-5-7(12)2-3-14(8)9/h2-3,5-6,15H,4,12H2,1H3. The van der Waals surface area contributed by atoms with E-state index < -0.39 is 6.10 Å². The van der Waals surface area contributed by atoms with Gasteiger partial charge in [-0.3, -0.25) is 0 Å². The Labute approximate surface area is 95.9 Å². The number of halogens is 1. The van der Waals surface area contributed by atoms with Crippen LogP contribution in [-0.4, -0.2) is 20.6 Å². The van der Waals surface area contributed by atoms with Gasteiger partial charge in [-0.2, -0.15) is 0 Å². The molecule has 0 fully saturated rings. The summed E-state index contributed by atoms with van der Waals surface area (Å²) in [6.07, 6.45) is 1.98. The topological polar surface area (TPSA) is 63.5 Å². The van der Waals surface area contributed by atoms with Crippen LogP contribution in [0.1, 0.15) is 12.7 Å². The fourth-order valence-electron chi connectivity index (χ4n) is 1.53. The minimum atomic E-state index is -0.403. The molecule has 2 aromatic rings. The SMILES string of the molecule is CC(O)Cc1nc(Br)c2cc(N)ccn12. The highest BCUT2D eigenvalue weighted by Crippen LogP contribution is 2.21. The summed E-state index contributed by atoms with van der Waals surface area (Å²) in [7, 11) is 0. The van der Waals surface area contributed by atoms with Gasteiger partial charge in [-0.05, 0) is 35.0 Å². The third-order valence-corrected chi connectivity index (χ3v) is 2.76. The van der Waals surface area contributed by atoms with Gasteiger partial charge in [0.05, 0.1) is 11.6 Å². The summed E-state index contributed by atoms with van der Waals surface area (Å²) in [6.45, 7) is 1.74. The predicted octanol–water partition coefficient (Wildman–Crippen LogP) is 1.60. The molecule has 2 aromatic heterocycles. The van der Waals surface area contributed by atoms with E-state index in [1.807, 2.05) is 22.7 Å². The molecule has 15 heavy (non-hydrogen) atoms. The maximum atomic E-state index is 9.34. The van der Waals surface area contributed by atoms with Gasteiger partial charge in [0.1, 0.15) is 10.4 Å². The highest BCUT2D eigenvalue weighted by Gasteiger charge is 2.10. The van der Waals surface area contributed by atoms with Crippen LogP contribution in [0.15, 0.2) is 22.9 Å². The summed E-state index contributed by atoms with van der Waals surface area (Å²) in [5.41, 5.74) is 7.31. The Morgan fingerprint density at radius 1 is 1.67 bits per heavy atom. The second kappa shape index (κ2) is 3.83. The van der Waals surface area contributed by atoms with E-state index in [1.165, 1.54) is 0 Å². The van der Waals surface area contributed by atoms with Crippen LogP contribution >= 0.6 is 15.9 Å². The van der Waals surface area contributed by atoms with Crippen molar-refractivity contribution in [3.8, 4) is 0 Å². The molecule has 0 bridgehead atoms. The number of nitrogens with zero attached hydrogens (tertiary/aromatic N) is 2. The van der Waals surface area contributed by atoms with Gasteiger partial charge < -0.3 is 15.2 Å². The molecule has 5 heteroatoms. The fourth-order valence-corrected chi connectivity index (χ4v) is 2.04. The first kappa shape index (κ1) is 10.4. The lowest BCUT2D eigenvalue weighted by Gasteiger charge is -2.03. The van der Waals surface area contributed by atoms with E-state index in [0.717, 1.165) is 15.9 Å². The molecule has 1 atom stereocenters. The van der Waals surface area contributed by atoms with Crippen molar-refractivity contribution in [2.45, 2.75) is 19.4 Å². The molecule has 3 N–H and O–H groups in total. The van der Waals surface area contributed by atoms with Gasteiger partial charge in [-0.15, -0.1) is 0 Å². The zero-order chi connectivity index (χ0) is 11.0. The summed E-state index contributed by atoms with van der Waals surface area (Å²) in [6, 6.07) is 3.66. The van der Waals surface area contributed by atoms with Crippen molar-refractivity contribution in [2.24, 2.45) is 0 Å². The number of hydrogen-bond acceptors (Lipinski definition) is 3. The Kier molecular flexibility index (Phi) is 2.67. The van der Waals surface area contributed by atoms with Gasteiger partial charge in [0.25, 0.3) is 0 Å². The van der Waals surface area contributed by atoms with Crippen molar-refractivity contribution >= 4 is 27.1 Å². The molecule has 1 unspecified atom stereocenters. The molecule has 0 aliphatic rings. The Bertz CT molecular complexity index is 493. The smallest absolute Gasteiger partial charge is 0.132 e. The monoisotopic (exact) mass is 269 g/mol. The summed E-state index contributed by atoms with van der Waals surface area (Å²) in [5.74, 6) is 0.826. The first-order chi connectivity index (χ1) is 7.08. The van der Waals surface area contributed by atoms with Crippen molar-refractivity contribution in [1.82, 2.24) is 9.38 Å². The first-order valence-corrected chi connectivity index (χ1v) is 5.47. The van der Waals surface area contributed by atoms with Crippen molar-refractivity contribution in [3.05, 3.63) is 28.8 Å². The van der Waals surface area contributed by atoms with Crippen molar-refractivity contribution in [3.63, 3.8) is 0 Å². The number of nitrogen functional groups attached to an aromatic ring is 1. The minimum Gasteiger partial charge on any atom is -0.399 e. The number of hydrogen-bond donors (Lipinski definition) is 2. The van der Waals surface area contributed by atoms with E-state index in [1.54, 1.807) is 6.92 Å². The number of imidazole rings is 1. The average molecular weight is 270 g/mol. The number of fused-ring (bicyclic) bond motifs is 1. The fraction of sp³-hybridized carbons (Fsp3) is 0.300. The Morgan fingerprint density at radius 3 is 3.07 bits per heavy atom. The second-order valence-electron chi connectivity index (χ2n) is 3.59. The molecule has 2 heterocycles. The molecule has 0 saturated heterocycles. The van der Waals surface area contributed by atoms with Gasteiger partial charge in [0.2, 0.25) is 0 Å². The largest absolute Gasteiger partial charge is 0.399 e. The maximum Gasteiger partial charge on any atom is 0.132 e. The van der Waals surface area contributed by atoms with Crippen LogP contribution in [-0.2, 0) is 6.42 Å². The molecule has 0 saturated carbocycles. The Balaban J connectivity index is 2.57. The van der Waals surface area contributed by atoms with E-state index in [2.05, 4.69) is 20.9 Å². The average Bonchev–Trinajstić information content (AvgIpc) is 2.42. The first-order valence-electron chi connectivity index (χ1n) is 4.68. The molecule has 0 aromatic carbocycles. The molecule has 2 rings (SSSR count). The zero-order valence-corrected chi connectivity index (χ0v) is 9.90. The summed E-state index contributed by atoms with van der Waals surface area (Å²) < 4.78 is 2.68. The lowest BCUT2D eigenvalue weighted by atomic mass is 10.3.